The molecule has 0 saturated carbocycles. The minimum atomic E-state index is -0.209. The molecule has 0 unspecified atom stereocenters. The van der Waals surface area contributed by atoms with Crippen LogP contribution in [0, 0.1) is 0 Å². The fourth-order valence-electron chi connectivity index (χ4n) is 3.96. The summed E-state index contributed by atoms with van der Waals surface area (Å²) in [5.41, 5.74) is 2.22. The van der Waals surface area contributed by atoms with Crippen molar-refractivity contribution < 1.29 is 14.3 Å². The number of ketones is 2. The molecule has 0 fully saturated rings. The van der Waals surface area contributed by atoms with E-state index in [1.165, 1.54) is 11.3 Å². The standard InChI is InChI=1S/C26H15NO3S2/c1-30-17-8-6-14(7-9-17)25-27-26-22(32-25)13-18(31-26)12-21-23(28)19-10-15-4-2-3-5-16(15)11-20(19)24(21)29/h2-13H,1H3. The fraction of sp³-hybridized carbons (Fsp3) is 0.0385. The van der Waals surface area contributed by atoms with E-state index in [-0.39, 0.29) is 17.1 Å². The van der Waals surface area contributed by atoms with Gasteiger partial charge in [0.15, 0.2) is 11.6 Å². The maximum atomic E-state index is 13.0. The zero-order valence-electron chi connectivity index (χ0n) is 16.9. The number of aromatic nitrogens is 1. The monoisotopic (exact) mass is 453 g/mol. The molecule has 0 atom stereocenters. The summed E-state index contributed by atoms with van der Waals surface area (Å²) in [7, 11) is 1.64. The number of allylic oxidation sites excluding steroid dienone is 1. The van der Waals surface area contributed by atoms with E-state index >= 15 is 0 Å². The molecule has 1 aliphatic carbocycles. The lowest BCUT2D eigenvalue weighted by Gasteiger charge is -2.00. The summed E-state index contributed by atoms with van der Waals surface area (Å²) in [4.78, 5) is 32.5. The van der Waals surface area contributed by atoms with Crippen molar-refractivity contribution in [1.29, 1.82) is 0 Å². The van der Waals surface area contributed by atoms with E-state index in [1.807, 2.05) is 66.7 Å². The van der Waals surface area contributed by atoms with Crippen LogP contribution in [0.15, 0.2) is 72.3 Å². The molecule has 2 heterocycles. The number of carbonyl (C=O) groups excluding carboxylic acids is 2. The largest absolute Gasteiger partial charge is 0.497 e. The van der Waals surface area contributed by atoms with Crippen molar-refractivity contribution in [3.05, 3.63) is 88.3 Å². The van der Waals surface area contributed by atoms with Gasteiger partial charge in [0.25, 0.3) is 0 Å². The summed E-state index contributed by atoms with van der Waals surface area (Å²) in [6.45, 7) is 0. The topological polar surface area (TPSA) is 56.3 Å². The fourth-order valence-corrected chi connectivity index (χ4v) is 6.14. The van der Waals surface area contributed by atoms with Crippen LogP contribution in [0.25, 0.3) is 36.9 Å². The number of rotatable bonds is 3. The number of carbonyl (C=O) groups is 2. The summed E-state index contributed by atoms with van der Waals surface area (Å²) < 4.78 is 6.25. The molecule has 0 spiro atoms. The third-order valence-corrected chi connectivity index (χ3v) is 7.75. The third-order valence-electron chi connectivity index (χ3n) is 5.60. The Hall–Kier alpha value is -3.61. The smallest absolute Gasteiger partial charge is 0.197 e. The number of methoxy groups -OCH3 is 1. The van der Waals surface area contributed by atoms with Gasteiger partial charge in [-0.25, -0.2) is 4.98 Å². The lowest BCUT2D eigenvalue weighted by Crippen LogP contribution is -1.99. The normalized spacial score (nSPS) is 13.2. The number of hydrogen-bond donors (Lipinski definition) is 0. The number of benzene rings is 3. The zero-order chi connectivity index (χ0) is 21.8. The van der Waals surface area contributed by atoms with E-state index < -0.39 is 0 Å². The third kappa shape index (κ3) is 2.99. The summed E-state index contributed by atoms with van der Waals surface area (Å²) in [6.07, 6.45) is 1.71. The lowest BCUT2D eigenvalue weighted by molar-refractivity contribution is 0.0990. The molecule has 32 heavy (non-hydrogen) atoms. The van der Waals surface area contributed by atoms with Crippen molar-refractivity contribution in [1.82, 2.24) is 4.98 Å². The Morgan fingerprint density at radius 2 is 1.50 bits per heavy atom. The highest BCUT2D eigenvalue weighted by Crippen LogP contribution is 2.38. The van der Waals surface area contributed by atoms with E-state index in [2.05, 4.69) is 0 Å². The van der Waals surface area contributed by atoms with Crippen LogP contribution < -0.4 is 4.74 Å². The second-order valence-electron chi connectivity index (χ2n) is 7.53. The van der Waals surface area contributed by atoms with Gasteiger partial charge in [0.2, 0.25) is 0 Å². The Morgan fingerprint density at radius 1 is 0.844 bits per heavy atom. The zero-order valence-corrected chi connectivity index (χ0v) is 18.5. The second kappa shape index (κ2) is 7.22. The van der Waals surface area contributed by atoms with E-state index in [1.54, 1.807) is 24.5 Å². The van der Waals surface area contributed by atoms with Gasteiger partial charge < -0.3 is 4.74 Å². The molecule has 154 valence electrons. The maximum absolute atomic E-state index is 13.0. The molecule has 0 saturated heterocycles. The van der Waals surface area contributed by atoms with Gasteiger partial charge in [-0.2, -0.15) is 0 Å². The minimum Gasteiger partial charge on any atom is -0.497 e. The quantitative estimate of drug-likeness (QED) is 0.227. The average Bonchev–Trinajstić information content (AvgIpc) is 3.45. The molecule has 0 radical (unpaired) electrons. The number of ether oxygens (including phenoxy) is 1. The summed E-state index contributed by atoms with van der Waals surface area (Å²) >= 11 is 3.08. The molecule has 0 bridgehead atoms. The molecular formula is C26H15NO3S2. The lowest BCUT2D eigenvalue weighted by atomic mass is 10.0. The van der Waals surface area contributed by atoms with Crippen molar-refractivity contribution in [3.8, 4) is 16.3 Å². The molecule has 5 aromatic rings. The minimum absolute atomic E-state index is 0.209. The molecule has 1 aliphatic rings. The van der Waals surface area contributed by atoms with Gasteiger partial charge in [0, 0.05) is 21.6 Å². The van der Waals surface area contributed by atoms with Crippen molar-refractivity contribution in [2.75, 3.05) is 7.11 Å². The number of hydrogen-bond acceptors (Lipinski definition) is 6. The van der Waals surface area contributed by atoms with E-state index in [0.717, 1.165) is 41.5 Å². The van der Waals surface area contributed by atoms with Gasteiger partial charge in [0.1, 0.15) is 15.6 Å². The SMILES string of the molecule is COc1ccc(-c2nc3sc(C=C4C(=O)c5cc6ccccc6cc5C4=O)cc3s2)cc1. The van der Waals surface area contributed by atoms with Crippen LogP contribution in [-0.2, 0) is 0 Å². The van der Waals surface area contributed by atoms with Crippen LogP contribution >= 0.6 is 22.7 Å². The number of Topliss-reactive ketones (excluding diaryl/α,β-unsaturated/α-hetero) is 2. The Kier molecular flexibility index (Phi) is 4.31. The number of nitrogens with zero attached hydrogens (tertiary/aromatic N) is 1. The van der Waals surface area contributed by atoms with Crippen molar-refractivity contribution in [2.45, 2.75) is 0 Å². The first kappa shape index (κ1) is 19.1. The molecule has 0 N–H and O–H groups in total. The molecule has 6 heteroatoms. The highest BCUT2D eigenvalue weighted by atomic mass is 32.1. The van der Waals surface area contributed by atoms with E-state index in [4.69, 9.17) is 9.72 Å². The highest BCUT2D eigenvalue weighted by molar-refractivity contribution is 7.29. The molecule has 4 nitrogen and oxygen atoms in total. The molecule has 0 amide bonds. The molecule has 6 rings (SSSR count). The van der Waals surface area contributed by atoms with Crippen LogP contribution in [0.5, 0.6) is 5.75 Å². The molecular weight excluding hydrogens is 438 g/mol. The van der Waals surface area contributed by atoms with E-state index in [0.29, 0.717) is 11.1 Å². The van der Waals surface area contributed by atoms with Gasteiger partial charge in [0.05, 0.1) is 17.4 Å². The molecule has 0 aliphatic heterocycles. The van der Waals surface area contributed by atoms with Crippen LogP contribution in [0.2, 0.25) is 0 Å². The van der Waals surface area contributed by atoms with Crippen LogP contribution in [0.4, 0.5) is 0 Å². The van der Waals surface area contributed by atoms with Crippen molar-refractivity contribution in [2.24, 2.45) is 0 Å². The predicted octanol–water partition coefficient (Wildman–Crippen LogP) is 6.65. The summed E-state index contributed by atoms with van der Waals surface area (Å²) in [5.74, 6) is 0.389. The Labute approximate surface area is 191 Å². The summed E-state index contributed by atoms with van der Waals surface area (Å²) in [5, 5.41) is 2.85. The van der Waals surface area contributed by atoms with Gasteiger partial charge in [-0.3, -0.25) is 9.59 Å². The Morgan fingerprint density at radius 3 is 2.09 bits per heavy atom. The van der Waals surface area contributed by atoms with Crippen LogP contribution in [-0.4, -0.2) is 23.7 Å². The Balaban J connectivity index is 1.35. The molecule has 3 aromatic carbocycles. The highest BCUT2D eigenvalue weighted by Gasteiger charge is 2.33. The maximum Gasteiger partial charge on any atom is 0.197 e. The average molecular weight is 454 g/mol. The van der Waals surface area contributed by atoms with E-state index in [9.17, 15) is 9.59 Å². The van der Waals surface area contributed by atoms with Gasteiger partial charge in [-0.15, -0.1) is 22.7 Å². The van der Waals surface area contributed by atoms with Crippen LogP contribution in [0.3, 0.4) is 0 Å². The first-order valence-electron chi connectivity index (χ1n) is 9.99. The molecule has 2 aromatic heterocycles. The Bertz CT molecular complexity index is 1500. The number of thiophene rings is 1. The van der Waals surface area contributed by atoms with Crippen LogP contribution in [0.1, 0.15) is 25.6 Å². The predicted molar refractivity (Wildman–Crippen MR) is 130 cm³/mol. The first-order valence-corrected chi connectivity index (χ1v) is 11.6. The van der Waals surface area contributed by atoms with Gasteiger partial charge >= 0.3 is 0 Å². The number of fused-ring (bicyclic) bond motifs is 3. The van der Waals surface area contributed by atoms with Gasteiger partial charge in [-0.05, 0) is 59.3 Å². The van der Waals surface area contributed by atoms with Crippen molar-refractivity contribution in [3.63, 3.8) is 0 Å². The number of thiazole rings is 1. The summed E-state index contributed by atoms with van der Waals surface area (Å²) in [6, 6.07) is 21.2. The second-order valence-corrected chi connectivity index (χ2v) is 9.62. The first-order chi connectivity index (χ1) is 15.6. The van der Waals surface area contributed by atoms with Crippen molar-refractivity contribution >= 4 is 60.6 Å². The van der Waals surface area contributed by atoms with Gasteiger partial charge in [-0.1, -0.05) is 24.3 Å².